The fraction of sp³-hybridized carbons (Fsp3) is 0.200. The fourth-order valence-corrected chi connectivity index (χ4v) is 8.02. The van der Waals surface area contributed by atoms with E-state index in [9.17, 15) is 36.2 Å². The van der Waals surface area contributed by atoms with Crippen LogP contribution in [0.1, 0.15) is 49.9 Å². The Labute approximate surface area is 323 Å². The van der Waals surface area contributed by atoms with Gasteiger partial charge in [0.2, 0.25) is 0 Å². The van der Waals surface area contributed by atoms with Crippen LogP contribution in [0, 0.1) is 0 Å². The van der Waals surface area contributed by atoms with Crippen molar-refractivity contribution in [3.63, 3.8) is 0 Å². The van der Waals surface area contributed by atoms with E-state index < -0.39 is 52.9 Å². The number of aryl methyl sites for hydroxylation is 4. The molecule has 16 heteroatoms. The third-order valence-electron chi connectivity index (χ3n) is 9.60. The van der Waals surface area contributed by atoms with Crippen LogP contribution in [0.15, 0.2) is 103 Å². The Morgan fingerprint density at radius 2 is 0.857 bits per heavy atom. The van der Waals surface area contributed by atoms with Gasteiger partial charge in [0.25, 0.3) is 20.2 Å². The molecule has 6 rings (SSSR count). The van der Waals surface area contributed by atoms with E-state index in [0.29, 0.717) is 59.2 Å². The van der Waals surface area contributed by atoms with Gasteiger partial charge in [0.1, 0.15) is 21.2 Å². The zero-order valence-electron chi connectivity index (χ0n) is 30.9. The minimum absolute atomic E-state index is 0.244. The molecule has 0 heterocycles. The SMILES string of the molecule is CCc1cc(-c2cc(CC)c(/N=N/c3c(S(=O)(=O)O)cc4ccc(N)cc4c3O)c(CC)c2)cc(CC)c1/N=N/c1c(S(=O)(=O)O)cc2cc(N)ccc2c1O. The summed E-state index contributed by atoms with van der Waals surface area (Å²) < 4.78 is 69.7. The fourth-order valence-electron chi connectivity index (χ4n) is 6.70. The van der Waals surface area contributed by atoms with Crippen LogP contribution in [0.5, 0.6) is 11.5 Å². The summed E-state index contributed by atoms with van der Waals surface area (Å²) in [5, 5.41) is 40.7. The van der Waals surface area contributed by atoms with Gasteiger partial charge in [-0.1, -0.05) is 33.8 Å². The summed E-state index contributed by atoms with van der Waals surface area (Å²) in [7, 11) is -9.63. The normalized spacial score (nSPS) is 12.5. The Kier molecular flexibility index (Phi) is 10.9. The molecule has 0 unspecified atom stereocenters. The molecule has 0 spiro atoms. The van der Waals surface area contributed by atoms with Crippen molar-refractivity contribution in [2.75, 3.05) is 11.5 Å². The Morgan fingerprint density at radius 1 is 0.482 bits per heavy atom. The van der Waals surface area contributed by atoms with Crippen molar-refractivity contribution in [3.8, 4) is 22.6 Å². The van der Waals surface area contributed by atoms with Gasteiger partial charge in [-0.2, -0.15) is 16.8 Å². The number of nitrogen functional groups attached to an aromatic ring is 2. The topological polar surface area (TPSA) is 251 Å². The van der Waals surface area contributed by atoms with Crippen molar-refractivity contribution < 1.29 is 36.2 Å². The number of fused-ring (bicyclic) bond motifs is 2. The molecule has 0 fully saturated rings. The first kappa shape index (κ1) is 39.7. The number of nitrogens with two attached hydrogens (primary N) is 2. The highest BCUT2D eigenvalue weighted by atomic mass is 32.2. The Hall–Kier alpha value is -5.94. The maximum atomic E-state index is 12.4. The summed E-state index contributed by atoms with van der Waals surface area (Å²) in [6.07, 6.45) is 2.08. The lowest BCUT2D eigenvalue weighted by molar-refractivity contribution is 0.471. The lowest BCUT2D eigenvalue weighted by Crippen LogP contribution is -1.99. The summed E-state index contributed by atoms with van der Waals surface area (Å²) in [5.74, 6) is -0.969. The molecule has 0 atom stereocenters. The minimum Gasteiger partial charge on any atom is -0.505 e. The molecule has 6 aromatic rings. The van der Waals surface area contributed by atoms with E-state index in [1.54, 1.807) is 12.1 Å². The molecule has 0 bridgehead atoms. The van der Waals surface area contributed by atoms with E-state index in [2.05, 4.69) is 20.5 Å². The summed E-state index contributed by atoms with van der Waals surface area (Å²) in [6.45, 7) is 7.76. The van der Waals surface area contributed by atoms with Gasteiger partial charge in [0, 0.05) is 22.1 Å². The molecule has 0 aliphatic carbocycles. The summed E-state index contributed by atoms with van der Waals surface area (Å²) in [5.41, 5.74) is 17.4. The van der Waals surface area contributed by atoms with Crippen LogP contribution < -0.4 is 11.5 Å². The van der Waals surface area contributed by atoms with E-state index in [-0.39, 0.29) is 10.8 Å². The van der Waals surface area contributed by atoms with E-state index in [1.807, 2.05) is 52.0 Å². The maximum absolute atomic E-state index is 12.4. The van der Waals surface area contributed by atoms with Gasteiger partial charge in [0.15, 0.2) is 11.5 Å². The molecule has 0 aliphatic rings. The monoisotopic (exact) mass is 796 g/mol. The standard InChI is InChI=1S/C40H40N6O8S2/c1-5-21-13-26(14-22(6-2)35(21)43-45-37-34(56(52,53)54)19-28-17-29(41)11-12-31(28)39(37)47)27-15-23(7-3)36(24(8-4)16-27)44-46-38-33(55(49,50)51)18-25-9-10-30(42)20-32(25)40(38)48/h9-20,47-48H,5-8,41-42H2,1-4H3,(H,49,50,51)(H,52,53,54)/b45-43+,46-44+. The van der Waals surface area contributed by atoms with Crippen LogP contribution in [0.4, 0.5) is 34.1 Å². The molecule has 56 heavy (non-hydrogen) atoms. The molecule has 0 aromatic heterocycles. The largest absolute Gasteiger partial charge is 0.505 e. The predicted molar refractivity (Wildman–Crippen MR) is 217 cm³/mol. The smallest absolute Gasteiger partial charge is 0.296 e. The predicted octanol–water partition coefficient (Wildman–Crippen LogP) is 9.81. The first-order chi connectivity index (χ1) is 26.5. The molecular formula is C40H40N6O8S2. The second-order valence-electron chi connectivity index (χ2n) is 13.2. The molecule has 0 saturated heterocycles. The van der Waals surface area contributed by atoms with Crippen molar-refractivity contribution in [3.05, 3.63) is 95.1 Å². The molecular weight excluding hydrogens is 757 g/mol. The van der Waals surface area contributed by atoms with E-state index in [1.165, 1.54) is 36.4 Å². The average molecular weight is 797 g/mol. The molecule has 6 aromatic carbocycles. The van der Waals surface area contributed by atoms with Crippen LogP contribution in [0.25, 0.3) is 32.7 Å². The highest BCUT2D eigenvalue weighted by Crippen LogP contribution is 2.45. The van der Waals surface area contributed by atoms with Crippen molar-refractivity contribution in [2.24, 2.45) is 20.5 Å². The molecule has 8 N–H and O–H groups in total. The number of hydrogen-bond acceptors (Lipinski definition) is 12. The van der Waals surface area contributed by atoms with Gasteiger partial charge in [-0.3, -0.25) is 9.11 Å². The van der Waals surface area contributed by atoms with E-state index in [4.69, 9.17) is 11.5 Å². The zero-order valence-corrected chi connectivity index (χ0v) is 32.6. The second kappa shape index (κ2) is 15.3. The van der Waals surface area contributed by atoms with Crippen LogP contribution >= 0.6 is 0 Å². The van der Waals surface area contributed by atoms with Gasteiger partial charge in [-0.25, -0.2) is 0 Å². The van der Waals surface area contributed by atoms with Crippen LogP contribution in [-0.4, -0.2) is 36.2 Å². The van der Waals surface area contributed by atoms with Gasteiger partial charge in [0.05, 0.1) is 11.4 Å². The van der Waals surface area contributed by atoms with Crippen molar-refractivity contribution in [2.45, 2.75) is 63.2 Å². The third kappa shape index (κ3) is 7.64. The second-order valence-corrected chi connectivity index (χ2v) is 15.9. The molecule has 0 saturated carbocycles. The number of azo groups is 2. The molecule has 0 aliphatic heterocycles. The first-order valence-corrected chi connectivity index (χ1v) is 20.6. The zero-order chi connectivity index (χ0) is 40.7. The number of hydrogen-bond donors (Lipinski definition) is 6. The summed E-state index contributed by atoms with van der Waals surface area (Å²) in [4.78, 5) is -1.22. The number of phenolic OH excluding ortho intramolecular Hbond substituents is 2. The van der Waals surface area contributed by atoms with Gasteiger partial charge in [-0.15, -0.1) is 20.5 Å². The molecule has 14 nitrogen and oxygen atoms in total. The quantitative estimate of drug-likeness (QED) is 0.0411. The van der Waals surface area contributed by atoms with Gasteiger partial charge in [-0.05, 0) is 137 Å². The lowest BCUT2D eigenvalue weighted by Gasteiger charge is -2.16. The molecule has 0 radical (unpaired) electrons. The lowest BCUT2D eigenvalue weighted by atomic mass is 9.92. The highest BCUT2D eigenvalue weighted by molar-refractivity contribution is 7.86. The first-order valence-electron chi connectivity index (χ1n) is 17.7. The number of nitrogens with zero attached hydrogens (tertiary/aromatic N) is 4. The number of phenols is 2. The Balaban J connectivity index is 1.45. The van der Waals surface area contributed by atoms with Gasteiger partial charge >= 0.3 is 0 Å². The number of rotatable bonds is 11. The van der Waals surface area contributed by atoms with Crippen molar-refractivity contribution >= 4 is 75.9 Å². The highest BCUT2D eigenvalue weighted by Gasteiger charge is 2.24. The Bertz CT molecular complexity index is 2810. The number of aromatic hydroxyl groups is 2. The summed E-state index contributed by atoms with van der Waals surface area (Å²) in [6, 6.07) is 19.3. The van der Waals surface area contributed by atoms with Crippen molar-refractivity contribution in [1.82, 2.24) is 0 Å². The van der Waals surface area contributed by atoms with E-state index in [0.717, 1.165) is 33.4 Å². The molecule has 0 amide bonds. The minimum atomic E-state index is -4.82. The Morgan fingerprint density at radius 3 is 1.29 bits per heavy atom. The van der Waals surface area contributed by atoms with Crippen molar-refractivity contribution in [1.29, 1.82) is 0 Å². The van der Waals surface area contributed by atoms with Crippen LogP contribution in [0.2, 0.25) is 0 Å². The van der Waals surface area contributed by atoms with E-state index >= 15 is 0 Å². The number of anilines is 2. The number of benzene rings is 6. The maximum Gasteiger partial charge on any atom is 0.296 e. The molecule has 290 valence electrons. The van der Waals surface area contributed by atoms with Crippen LogP contribution in [-0.2, 0) is 45.9 Å². The third-order valence-corrected chi connectivity index (χ3v) is 11.3. The summed E-state index contributed by atoms with van der Waals surface area (Å²) >= 11 is 0. The van der Waals surface area contributed by atoms with Crippen LogP contribution in [0.3, 0.4) is 0 Å². The average Bonchev–Trinajstić information content (AvgIpc) is 3.15. The van der Waals surface area contributed by atoms with Gasteiger partial charge < -0.3 is 21.7 Å².